The van der Waals surface area contributed by atoms with Crippen molar-refractivity contribution in [3.8, 4) is 5.75 Å². The van der Waals surface area contributed by atoms with Crippen molar-refractivity contribution in [2.45, 2.75) is 63.4 Å². The van der Waals surface area contributed by atoms with Gasteiger partial charge in [0.25, 0.3) is 0 Å². The van der Waals surface area contributed by atoms with Crippen LogP contribution in [0.2, 0.25) is 0 Å². The molecule has 0 saturated carbocycles. The van der Waals surface area contributed by atoms with Gasteiger partial charge >= 0.3 is 0 Å². The number of rotatable bonds is 7. The van der Waals surface area contributed by atoms with Gasteiger partial charge in [-0.2, -0.15) is 0 Å². The molecular weight excluding hydrogens is 518 g/mol. The molecule has 2 aliphatic rings. The minimum Gasteiger partial charge on any atom is -0.486 e. The lowest BCUT2D eigenvalue weighted by Crippen LogP contribution is -2.53. The molecule has 3 atom stereocenters. The minimum absolute atomic E-state index is 0. The first-order valence-corrected chi connectivity index (χ1v) is 11.3. The van der Waals surface area contributed by atoms with E-state index in [2.05, 4.69) is 50.9 Å². The minimum atomic E-state index is -0.338. The lowest BCUT2D eigenvalue weighted by atomic mass is 9.96. The van der Waals surface area contributed by atoms with E-state index in [1.54, 1.807) is 25.2 Å². The summed E-state index contributed by atoms with van der Waals surface area (Å²) in [6.45, 7) is 3.52. The summed E-state index contributed by atoms with van der Waals surface area (Å²) in [6.07, 6.45) is 4.63. The fourth-order valence-electron chi connectivity index (χ4n) is 4.87. The number of guanidine groups is 1. The molecule has 2 fully saturated rings. The highest BCUT2D eigenvalue weighted by atomic mass is 127. The number of benzene rings is 2. The molecule has 0 amide bonds. The fourth-order valence-corrected chi connectivity index (χ4v) is 4.87. The largest absolute Gasteiger partial charge is 0.486 e. The average Bonchev–Trinajstić information content (AvgIpc) is 3.01. The molecule has 4 rings (SSSR count). The first-order valence-electron chi connectivity index (χ1n) is 11.3. The maximum atomic E-state index is 13.8. The monoisotopic (exact) mass is 552 g/mol. The van der Waals surface area contributed by atoms with E-state index < -0.39 is 0 Å². The average molecular weight is 552 g/mol. The fraction of sp³-hybridized carbons (Fsp3) is 0.480. The number of ether oxygens (including phenoxy) is 1. The third-order valence-corrected chi connectivity index (χ3v) is 6.38. The molecule has 174 valence electrons. The van der Waals surface area contributed by atoms with Gasteiger partial charge < -0.3 is 15.4 Å². The first kappa shape index (κ1) is 24.8. The highest BCUT2D eigenvalue weighted by molar-refractivity contribution is 14.0. The van der Waals surface area contributed by atoms with Crippen molar-refractivity contribution in [3.63, 3.8) is 0 Å². The number of nitrogens with one attached hydrogen (secondary N) is 2. The molecule has 3 unspecified atom stereocenters. The molecule has 32 heavy (non-hydrogen) atoms. The lowest BCUT2D eigenvalue weighted by molar-refractivity contribution is 0.114. The Bertz CT molecular complexity index is 867. The van der Waals surface area contributed by atoms with Crippen LogP contribution in [0.1, 0.15) is 38.2 Å². The summed E-state index contributed by atoms with van der Waals surface area (Å²) in [5.74, 6) is 0.724. The van der Waals surface area contributed by atoms with Gasteiger partial charge in [-0.1, -0.05) is 42.5 Å². The Morgan fingerprint density at radius 1 is 1.09 bits per heavy atom. The van der Waals surface area contributed by atoms with Crippen molar-refractivity contribution in [1.82, 2.24) is 15.5 Å². The summed E-state index contributed by atoms with van der Waals surface area (Å²) in [5, 5.41) is 6.94. The molecule has 2 aromatic carbocycles. The summed E-state index contributed by atoms with van der Waals surface area (Å²) in [7, 11) is 1.79. The Morgan fingerprint density at radius 2 is 1.75 bits per heavy atom. The summed E-state index contributed by atoms with van der Waals surface area (Å²) >= 11 is 0. The highest BCUT2D eigenvalue weighted by Crippen LogP contribution is 2.36. The standard InChI is InChI=1S/C25H33FN4O.HI/c1-18(31-24-11-7-6-10-23(24)26)16-28-25(27-2)29-20-14-21-12-13-22(15-20)30(21)17-19-8-4-3-5-9-19;/h3-11,18,20-22H,12-17H2,1-2H3,(H2,27,28,29);1H. The Hall–Kier alpha value is -1.87. The van der Waals surface area contributed by atoms with Gasteiger partial charge in [-0.25, -0.2) is 4.39 Å². The van der Waals surface area contributed by atoms with Gasteiger partial charge in [-0.3, -0.25) is 9.89 Å². The van der Waals surface area contributed by atoms with E-state index in [0.717, 1.165) is 25.3 Å². The van der Waals surface area contributed by atoms with Crippen LogP contribution in [0.15, 0.2) is 59.6 Å². The zero-order valence-electron chi connectivity index (χ0n) is 18.8. The molecule has 0 aromatic heterocycles. The Balaban J connectivity index is 0.00000289. The number of para-hydroxylation sites is 1. The van der Waals surface area contributed by atoms with Crippen molar-refractivity contribution < 1.29 is 9.13 Å². The van der Waals surface area contributed by atoms with Crippen molar-refractivity contribution in [2.24, 2.45) is 4.99 Å². The van der Waals surface area contributed by atoms with E-state index in [4.69, 9.17) is 4.74 Å². The molecule has 0 spiro atoms. The molecule has 7 heteroatoms. The van der Waals surface area contributed by atoms with E-state index in [9.17, 15) is 4.39 Å². The molecule has 2 aliphatic heterocycles. The van der Waals surface area contributed by atoms with Crippen LogP contribution in [0.5, 0.6) is 5.75 Å². The van der Waals surface area contributed by atoms with Crippen LogP contribution in [0, 0.1) is 5.82 Å². The molecule has 0 aliphatic carbocycles. The maximum absolute atomic E-state index is 13.8. The molecule has 2 bridgehead atoms. The zero-order valence-corrected chi connectivity index (χ0v) is 21.2. The third-order valence-electron chi connectivity index (χ3n) is 6.38. The van der Waals surface area contributed by atoms with E-state index in [-0.39, 0.29) is 41.6 Å². The van der Waals surface area contributed by atoms with E-state index >= 15 is 0 Å². The summed E-state index contributed by atoms with van der Waals surface area (Å²) in [5.41, 5.74) is 1.40. The summed E-state index contributed by atoms with van der Waals surface area (Å²) < 4.78 is 19.5. The van der Waals surface area contributed by atoms with Crippen LogP contribution >= 0.6 is 24.0 Å². The second-order valence-corrected chi connectivity index (χ2v) is 8.67. The number of fused-ring (bicyclic) bond motifs is 2. The molecule has 2 aromatic rings. The van der Waals surface area contributed by atoms with Gasteiger partial charge in [0.1, 0.15) is 6.10 Å². The van der Waals surface area contributed by atoms with Gasteiger partial charge in [-0.05, 0) is 50.3 Å². The predicted octanol–water partition coefficient (Wildman–Crippen LogP) is 4.57. The van der Waals surface area contributed by atoms with Crippen LogP contribution in [0.3, 0.4) is 0 Å². The molecule has 5 nitrogen and oxygen atoms in total. The second kappa shape index (κ2) is 11.8. The number of halogens is 2. The molecule has 2 N–H and O–H groups in total. The normalized spacial score (nSPS) is 23.8. The van der Waals surface area contributed by atoms with E-state index in [1.165, 1.54) is 24.5 Å². The van der Waals surface area contributed by atoms with Crippen LogP contribution in [-0.4, -0.2) is 48.7 Å². The first-order chi connectivity index (χ1) is 15.1. The van der Waals surface area contributed by atoms with Crippen molar-refractivity contribution in [2.75, 3.05) is 13.6 Å². The van der Waals surface area contributed by atoms with Gasteiger partial charge in [0.05, 0.1) is 6.54 Å². The quantitative estimate of drug-likeness (QED) is 0.300. The van der Waals surface area contributed by atoms with Gasteiger partial charge in [0.2, 0.25) is 0 Å². The second-order valence-electron chi connectivity index (χ2n) is 8.67. The highest BCUT2D eigenvalue weighted by Gasteiger charge is 2.40. The molecule has 0 radical (unpaired) electrons. The zero-order chi connectivity index (χ0) is 21.6. The summed E-state index contributed by atoms with van der Waals surface area (Å²) in [4.78, 5) is 7.08. The maximum Gasteiger partial charge on any atom is 0.191 e. The smallest absolute Gasteiger partial charge is 0.191 e. The van der Waals surface area contributed by atoms with Crippen LogP contribution < -0.4 is 15.4 Å². The number of piperidine rings is 1. The number of hydrogen-bond donors (Lipinski definition) is 2. The molecular formula is C25H34FIN4O. The predicted molar refractivity (Wildman–Crippen MR) is 138 cm³/mol. The number of hydrogen-bond acceptors (Lipinski definition) is 3. The van der Waals surface area contributed by atoms with Gasteiger partial charge in [0, 0.05) is 31.7 Å². The molecule has 2 saturated heterocycles. The summed E-state index contributed by atoms with van der Waals surface area (Å²) in [6, 6.07) is 18.9. The van der Waals surface area contributed by atoms with Crippen LogP contribution in [0.4, 0.5) is 4.39 Å². The van der Waals surface area contributed by atoms with Crippen LogP contribution in [-0.2, 0) is 6.54 Å². The van der Waals surface area contributed by atoms with Crippen LogP contribution in [0.25, 0.3) is 0 Å². The Labute approximate surface area is 207 Å². The SMILES string of the molecule is CN=C(NCC(C)Oc1ccccc1F)NC1CC2CCC(C1)N2Cc1ccccc1.I. The molecule has 2 heterocycles. The van der Waals surface area contributed by atoms with Crippen molar-refractivity contribution in [3.05, 3.63) is 66.0 Å². The number of aliphatic imine (C=N–C) groups is 1. The van der Waals surface area contributed by atoms with E-state index in [1.807, 2.05) is 6.92 Å². The van der Waals surface area contributed by atoms with Crippen molar-refractivity contribution in [1.29, 1.82) is 0 Å². The Kier molecular flexibility index (Phi) is 9.16. The van der Waals surface area contributed by atoms with E-state index in [0.29, 0.717) is 24.7 Å². The third kappa shape index (κ3) is 6.34. The lowest BCUT2D eigenvalue weighted by Gasteiger charge is -2.39. The topological polar surface area (TPSA) is 48.9 Å². The number of nitrogens with zero attached hydrogens (tertiary/aromatic N) is 2. The van der Waals surface area contributed by atoms with Gasteiger partial charge in [0.15, 0.2) is 17.5 Å². The van der Waals surface area contributed by atoms with Crippen molar-refractivity contribution >= 4 is 29.9 Å². The Morgan fingerprint density at radius 3 is 2.41 bits per heavy atom. The van der Waals surface area contributed by atoms with Gasteiger partial charge in [-0.15, -0.1) is 24.0 Å².